The quantitative estimate of drug-likeness (QED) is 0.665. The van der Waals surface area contributed by atoms with Crippen molar-refractivity contribution in [2.24, 2.45) is 0 Å². The maximum atomic E-state index is 10.7. The first-order valence-electron chi connectivity index (χ1n) is 5.65. The molecule has 0 aliphatic carbocycles. The molecule has 6 nitrogen and oxygen atoms in total. The first kappa shape index (κ1) is 14.4. The molecule has 0 aliphatic rings. The van der Waals surface area contributed by atoms with Gasteiger partial charge in [0.15, 0.2) is 0 Å². The summed E-state index contributed by atoms with van der Waals surface area (Å²) in [4.78, 5) is 14.6. The SMILES string of the molecule is COc1cc(C(O)C(O)CCNC(C)=O)ccn1. The van der Waals surface area contributed by atoms with Crippen LogP contribution in [0, 0.1) is 0 Å². The average Bonchev–Trinajstić information content (AvgIpc) is 2.37. The van der Waals surface area contributed by atoms with Crippen molar-refractivity contribution < 1.29 is 19.7 Å². The van der Waals surface area contributed by atoms with Gasteiger partial charge in [-0.3, -0.25) is 4.79 Å². The van der Waals surface area contributed by atoms with Crippen molar-refractivity contribution in [1.29, 1.82) is 0 Å². The van der Waals surface area contributed by atoms with Crippen LogP contribution in [0.25, 0.3) is 0 Å². The number of methoxy groups -OCH3 is 1. The van der Waals surface area contributed by atoms with Gasteiger partial charge < -0.3 is 20.3 Å². The molecule has 0 radical (unpaired) electrons. The topological polar surface area (TPSA) is 91.7 Å². The second-order valence-corrected chi connectivity index (χ2v) is 3.92. The number of carbonyl (C=O) groups is 1. The molecule has 2 unspecified atom stereocenters. The van der Waals surface area contributed by atoms with E-state index in [9.17, 15) is 15.0 Å². The Bertz CT molecular complexity index is 397. The highest BCUT2D eigenvalue weighted by atomic mass is 16.5. The lowest BCUT2D eigenvalue weighted by Gasteiger charge is -2.18. The van der Waals surface area contributed by atoms with E-state index in [4.69, 9.17) is 4.74 Å². The molecule has 3 N–H and O–H groups in total. The van der Waals surface area contributed by atoms with E-state index < -0.39 is 12.2 Å². The zero-order valence-electron chi connectivity index (χ0n) is 10.5. The number of ether oxygens (including phenoxy) is 1. The molecular weight excluding hydrogens is 236 g/mol. The number of aromatic nitrogens is 1. The van der Waals surface area contributed by atoms with Gasteiger partial charge >= 0.3 is 0 Å². The van der Waals surface area contributed by atoms with E-state index in [-0.39, 0.29) is 12.3 Å². The molecule has 0 saturated carbocycles. The number of nitrogens with zero attached hydrogens (tertiary/aromatic N) is 1. The number of rotatable bonds is 6. The zero-order valence-corrected chi connectivity index (χ0v) is 10.5. The molecule has 1 aromatic heterocycles. The van der Waals surface area contributed by atoms with E-state index in [0.29, 0.717) is 18.0 Å². The normalized spacial score (nSPS) is 13.8. The third-order valence-corrected chi connectivity index (χ3v) is 2.49. The molecule has 1 rings (SSSR count). The Morgan fingerprint density at radius 2 is 2.28 bits per heavy atom. The minimum absolute atomic E-state index is 0.165. The van der Waals surface area contributed by atoms with Crippen molar-refractivity contribution in [3.8, 4) is 5.88 Å². The van der Waals surface area contributed by atoms with Crippen LogP contribution in [0.5, 0.6) is 5.88 Å². The summed E-state index contributed by atoms with van der Waals surface area (Å²) in [6.45, 7) is 1.71. The molecule has 6 heteroatoms. The fourth-order valence-corrected chi connectivity index (χ4v) is 1.50. The zero-order chi connectivity index (χ0) is 13.5. The molecular formula is C12H18N2O4. The number of hydrogen-bond acceptors (Lipinski definition) is 5. The van der Waals surface area contributed by atoms with E-state index in [1.165, 1.54) is 20.2 Å². The second kappa shape index (κ2) is 6.93. The minimum Gasteiger partial charge on any atom is -0.481 e. The molecule has 0 aromatic carbocycles. The third kappa shape index (κ3) is 4.31. The van der Waals surface area contributed by atoms with Gasteiger partial charge in [0, 0.05) is 25.7 Å². The van der Waals surface area contributed by atoms with Crippen LogP contribution in [-0.2, 0) is 4.79 Å². The molecule has 0 fully saturated rings. The number of aliphatic hydroxyl groups excluding tert-OH is 2. The van der Waals surface area contributed by atoms with Crippen molar-refractivity contribution in [3.05, 3.63) is 23.9 Å². The number of nitrogens with one attached hydrogen (secondary N) is 1. The summed E-state index contributed by atoms with van der Waals surface area (Å²) in [6, 6.07) is 3.17. The van der Waals surface area contributed by atoms with Gasteiger partial charge in [0.2, 0.25) is 11.8 Å². The summed E-state index contributed by atoms with van der Waals surface area (Å²) in [6.07, 6.45) is -0.219. The molecule has 1 amide bonds. The molecule has 0 bridgehead atoms. The first-order chi connectivity index (χ1) is 8.54. The van der Waals surface area contributed by atoms with Gasteiger partial charge in [-0.1, -0.05) is 0 Å². The Kier molecular flexibility index (Phi) is 5.54. The summed E-state index contributed by atoms with van der Waals surface area (Å²) < 4.78 is 4.94. The highest BCUT2D eigenvalue weighted by Crippen LogP contribution is 2.21. The Morgan fingerprint density at radius 3 is 2.89 bits per heavy atom. The molecule has 0 saturated heterocycles. The van der Waals surface area contributed by atoms with Crippen LogP contribution < -0.4 is 10.1 Å². The van der Waals surface area contributed by atoms with Crippen LogP contribution in [0.15, 0.2) is 18.3 Å². The number of hydrogen-bond donors (Lipinski definition) is 3. The Balaban J connectivity index is 2.56. The van der Waals surface area contributed by atoms with Gasteiger partial charge in [0.05, 0.1) is 13.2 Å². The number of aliphatic hydroxyl groups is 2. The first-order valence-corrected chi connectivity index (χ1v) is 5.65. The van der Waals surface area contributed by atoms with Gasteiger partial charge in [-0.05, 0) is 18.1 Å². The van der Waals surface area contributed by atoms with E-state index in [2.05, 4.69) is 10.3 Å². The predicted octanol–water partition coefficient (Wildman–Crippen LogP) is 0.0107. The van der Waals surface area contributed by atoms with Crippen LogP contribution in [0.4, 0.5) is 0 Å². The van der Waals surface area contributed by atoms with Gasteiger partial charge in [-0.2, -0.15) is 0 Å². The lowest BCUT2D eigenvalue weighted by molar-refractivity contribution is -0.119. The lowest BCUT2D eigenvalue weighted by Crippen LogP contribution is -2.27. The summed E-state index contributed by atoms with van der Waals surface area (Å²) in [5, 5.41) is 22.3. The maximum Gasteiger partial charge on any atom is 0.216 e. The molecule has 1 heterocycles. The minimum atomic E-state index is -1.03. The van der Waals surface area contributed by atoms with Crippen molar-refractivity contribution in [1.82, 2.24) is 10.3 Å². The van der Waals surface area contributed by atoms with Gasteiger partial charge in [0.25, 0.3) is 0 Å². The third-order valence-electron chi connectivity index (χ3n) is 2.49. The average molecular weight is 254 g/mol. The molecule has 18 heavy (non-hydrogen) atoms. The second-order valence-electron chi connectivity index (χ2n) is 3.92. The van der Waals surface area contributed by atoms with Crippen molar-refractivity contribution in [2.75, 3.05) is 13.7 Å². The Hall–Kier alpha value is -1.66. The van der Waals surface area contributed by atoms with Gasteiger partial charge in [0.1, 0.15) is 6.10 Å². The van der Waals surface area contributed by atoms with E-state index in [1.807, 2.05) is 0 Å². The highest BCUT2D eigenvalue weighted by Gasteiger charge is 2.18. The molecule has 0 aliphatic heterocycles. The van der Waals surface area contributed by atoms with Crippen molar-refractivity contribution in [3.63, 3.8) is 0 Å². The van der Waals surface area contributed by atoms with Crippen molar-refractivity contribution >= 4 is 5.91 Å². The fourth-order valence-electron chi connectivity index (χ4n) is 1.50. The molecule has 100 valence electrons. The molecule has 2 atom stereocenters. The standard InChI is InChI=1S/C12H18N2O4/c1-8(15)13-6-4-10(16)12(17)9-3-5-14-11(7-9)18-2/h3,5,7,10,12,16-17H,4,6H2,1-2H3,(H,13,15). The smallest absolute Gasteiger partial charge is 0.216 e. The summed E-state index contributed by atoms with van der Waals surface area (Å²) >= 11 is 0. The van der Waals surface area contributed by atoms with E-state index in [0.717, 1.165) is 0 Å². The fraction of sp³-hybridized carbons (Fsp3) is 0.500. The number of carbonyl (C=O) groups excluding carboxylic acids is 1. The summed E-state index contributed by atoms with van der Waals surface area (Å²) in [5.41, 5.74) is 0.525. The lowest BCUT2D eigenvalue weighted by atomic mass is 10.0. The Labute approximate surface area is 106 Å². The van der Waals surface area contributed by atoms with Gasteiger partial charge in [-0.15, -0.1) is 0 Å². The largest absolute Gasteiger partial charge is 0.481 e. The van der Waals surface area contributed by atoms with Gasteiger partial charge in [-0.25, -0.2) is 4.98 Å². The maximum absolute atomic E-state index is 10.7. The predicted molar refractivity (Wildman–Crippen MR) is 65.1 cm³/mol. The van der Waals surface area contributed by atoms with Crippen LogP contribution in [0.2, 0.25) is 0 Å². The van der Waals surface area contributed by atoms with Crippen molar-refractivity contribution in [2.45, 2.75) is 25.6 Å². The van der Waals surface area contributed by atoms with Crippen LogP contribution in [0.3, 0.4) is 0 Å². The number of amides is 1. The van der Waals surface area contributed by atoms with Crippen LogP contribution in [0.1, 0.15) is 25.0 Å². The Morgan fingerprint density at radius 1 is 1.56 bits per heavy atom. The monoisotopic (exact) mass is 254 g/mol. The van der Waals surface area contributed by atoms with E-state index in [1.54, 1.807) is 12.1 Å². The summed E-state index contributed by atoms with van der Waals surface area (Å²) in [5.74, 6) is 0.211. The van der Waals surface area contributed by atoms with Crippen LogP contribution >= 0.6 is 0 Å². The van der Waals surface area contributed by atoms with Crippen LogP contribution in [-0.4, -0.2) is 40.9 Å². The molecule has 1 aromatic rings. The molecule has 0 spiro atoms. The highest BCUT2D eigenvalue weighted by molar-refractivity contribution is 5.72. The van der Waals surface area contributed by atoms with E-state index >= 15 is 0 Å². The summed E-state index contributed by atoms with van der Waals surface area (Å²) in [7, 11) is 1.48. The number of pyridine rings is 1.